The first-order valence-corrected chi connectivity index (χ1v) is 10.2. The molecule has 0 aromatic carbocycles. The Morgan fingerprint density at radius 1 is 1.21 bits per heavy atom. The van der Waals surface area contributed by atoms with Gasteiger partial charge in [-0.05, 0) is 74.7 Å². The Morgan fingerprint density at radius 3 is 2.46 bits per heavy atom. The van der Waals surface area contributed by atoms with Crippen LogP contribution in [0.3, 0.4) is 0 Å². The maximum absolute atomic E-state index is 12.7. The van der Waals surface area contributed by atoms with Crippen LogP contribution in [0.4, 0.5) is 0 Å². The molecule has 0 spiro atoms. The lowest BCUT2D eigenvalue weighted by molar-refractivity contribution is -0.307. The molecule has 2 fully saturated rings. The Kier molecular flexibility index (Phi) is 5.32. The van der Waals surface area contributed by atoms with Crippen LogP contribution in [0.5, 0.6) is 0 Å². The summed E-state index contributed by atoms with van der Waals surface area (Å²) < 4.78 is 6.51. The van der Waals surface area contributed by atoms with Crippen LogP contribution < -0.4 is 5.11 Å². The quantitative estimate of drug-likeness (QED) is 0.616. The second kappa shape index (κ2) is 7.14. The van der Waals surface area contributed by atoms with Crippen LogP contribution in [0.25, 0.3) is 0 Å². The summed E-state index contributed by atoms with van der Waals surface area (Å²) in [5.41, 5.74) is 1.33. The van der Waals surface area contributed by atoms with Crippen molar-refractivity contribution < 1.29 is 9.84 Å². The van der Waals surface area contributed by atoms with E-state index in [0.717, 1.165) is 18.6 Å². The molecule has 0 aromatic heterocycles. The third kappa shape index (κ3) is 3.39. The van der Waals surface area contributed by atoms with Crippen LogP contribution in [0, 0.1) is 23.2 Å². The Bertz CT molecular complexity index is 510. The topological polar surface area (TPSA) is 32.3 Å². The van der Waals surface area contributed by atoms with E-state index < -0.39 is 0 Å². The first kappa shape index (κ1) is 17.9. The van der Waals surface area contributed by atoms with Crippen molar-refractivity contribution in [1.82, 2.24) is 0 Å². The molecule has 0 amide bonds. The van der Waals surface area contributed by atoms with E-state index in [9.17, 15) is 5.11 Å². The molecule has 2 nitrogen and oxygen atoms in total. The molecular weight excluding hydrogens is 296 g/mol. The molecule has 24 heavy (non-hydrogen) atoms. The maximum Gasteiger partial charge on any atom is 0.0992 e. The molecule has 0 N–H and O–H groups in total. The van der Waals surface area contributed by atoms with Crippen LogP contribution in [-0.4, -0.2) is 6.10 Å². The van der Waals surface area contributed by atoms with Gasteiger partial charge in [-0.15, -0.1) is 5.76 Å². The standard InChI is InChI=1S/C22H36O2/c1-15(2)10-11-20(24-18-8-6-5-7-9-18)16(3)21-19(23)14-17-12-13-22(17,21)4/h11,15-18,23H,5-10,12-14H2,1-4H3/p-1/b20-11-/t16-,17+,22-/m0/s1. The van der Waals surface area contributed by atoms with Gasteiger partial charge in [0, 0.05) is 5.92 Å². The van der Waals surface area contributed by atoms with E-state index in [4.69, 9.17) is 4.74 Å². The lowest BCUT2D eigenvalue weighted by Gasteiger charge is -2.47. The van der Waals surface area contributed by atoms with Crippen molar-refractivity contribution in [2.24, 2.45) is 23.2 Å². The van der Waals surface area contributed by atoms with Crippen LogP contribution in [-0.2, 0) is 4.74 Å². The molecule has 2 heteroatoms. The lowest BCUT2D eigenvalue weighted by Crippen LogP contribution is -2.37. The van der Waals surface area contributed by atoms with Crippen LogP contribution in [0.2, 0.25) is 0 Å². The summed E-state index contributed by atoms with van der Waals surface area (Å²) in [6.45, 7) is 9.03. The number of rotatable bonds is 6. The first-order chi connectivity index (χ1) is 11.4. The van der Waals surface area contributed by atoms with Crippen molar-refractivity contribution in [2.75, 3.05) is 0 Å². The van der Waals surface area contributed by atoms with Gasteiger partial charge >= 0.3 is 0 Å². The highest BCUT2D eigenvalue weighted by Gasteiger charge is 2.50. The molecule has 0 heterocycles. The number of fused-ring (bicyclic) bond motifs is 1. The molecule has 136 valence electrons. The average Bonchev–Trinajstić information content (AvgIpc) is 2.72. The zero-order chi connectivity index (χ0) is 17.3. The van der Waals surface area contributed by atoms with E-state index in [1.54, 1.807) is 0 Å². The minimum Gasteiger partial charge on any atom is -0.875 e. The van der Waals surface area contributed by atoms with Crippen LogP contribution in [0.1, 0.15) is 85.5 Å². The highest BCUT2D eigenvalue weighted by molar-refractivity contribution is 5.34. The van der Waals surface area contributed by atoms with Crippen molar-refractivity contribution in [3.63, 3.8) is 0 Å². The fourth-order valence-corrected chi connectivity index (χ4v) is 5.05. The Balaban J connectivity index is 1.79. The summed E-state index contributed by atoms with van der Waals surface area (Å²) in [7, 11) is 0. The lowest BCUT2D eigenvalue weighted by atomic mass is 9.58. The van der Waals surface area contributed by atoms with E-state index in [-0.39, 0.29) is 11.3 Å². The normalized spacial score (nSPS) is 32.7. The van der Waals surface area contributed by atoms with Gasteiger partial charge in [-0.1, -0.05) is 39.7 Å². The summed E-state index contributed by atoms with van der Waals surface area (Å²) in [5, 5.41) is 12.7. The molecule has 3 atom stereocenters. The molecule has 0 saturated heterocycles. The third-order valence-corrected chi connectivity index (χ3v) is 6.77. The smallest absolute Gasteiger partial charge is 0.0992 e. The molecule has 0 aliphatic heterocycles. The summed E-state index contributed by atoms with van der Waals surface area (Å²) >= 11 is 0. The predicted octanol–water partition coefficient (Wildman–Crippen LogP) is 5.34. The van der Waals surface area contributed by atoms with Gasteiger partial charge in [0.2, 0.25) is 0 Å². The predicted molar refractivity (Wildman–Crippen MR) is 97.1 cm³/mol. The fourth-order valence-electron chi connectivity index (χ4n) is 5.05. The SMILES string of the molecule is CC(C)C/C=C(\OC1CCCCC1)[C@H](C)C1=C([O-])C[C@H]2CC[C@]12C. The average molecular weight is 332 g/mol. The van der Waals surface area contributed by atoms with Crippen molar-refractivity contribution in [2.45, 2.75) is 91.6 Å². The van der Waals surface area contributed by atoms with Crippen molar-refractivity contribution in [1.29, 1.82) is 0 Å². The number of hydrogen-bond donors (Lipinski definition) is 0. The molecule has 3 rings (SSSR count). The van der Waals surface area contributed by atoms with E-state index in [1.807, 2.05) is 0 Å². The van der Waals surface area contributed by atoms with Gasteiger partial charge in [0.05, 0.1) is 11.9 Å². The van der Waals surface area contributed by atoms with Crippen molar-refractivity contribution in [3.8, 4) is 0 Å². The maximum atomic E-state index is 12.7. The van der Waals surface area contributed by atoms with Gasteiger partial charge in [-0.25, -0.2) is 0 Å². The van der Waals surface area contributed by atoms with E-state index in [1.165, 1.54) is 50.5 Å². The first-order valence-electron chi connectivity index (χ1n) is 10.2. The second-order valence-corrected chi connectivity index (χ2v) is 9.03. The second-order valence-electron chi connectivity index (χ2n) is 9.03. The molecule has 0 unspecified atom stereocenters. The zero-order valence-corrected chi connectivity index (χ0v) is 16.1. The van der Waals surface area contributed by atoms with Crippen LogP contribution >= 0.6 is 0 Å². The molecule has 2 saturated carbocycles. The third-order valence-electron chi connectivity index (χ3n) is 6.77. The van der Waals surface area contributed by atoms with Gasteiger partial charge in [0.25, 0.3) is 0 Å². The Labute approximate surface area is 148 Å². The van der Waals surface area contributed by atoms with Gasteiger partial charge in [0.15, 0.2) is 0 Å². The van der Waals surface area contributed by atoms with Gasteiger partial charge in [-0.3, -0.25) is 0 Å². The summed E-state index contributed by atoms with van der Waals surface area (Å²) in [6.07, 6.45) is 13.1. The summed E-state index contributed by atoms with van der Waals surface area (Å²) in [4.78, 5) is 0. The minimum atomic E-state index is 0.156. The molecular formula is C22H35O2-. The van der Waals surface area contributed by atoms with E-state index in [0.29, 0.717) is 23.7 Å². The molecule has 0 radical (unpaired) electrons. The van der Waals surface area contributed by atoms with Crippen LogP contribution in [0.15, 0.2) is 23.2 Å². The summed E-state index contributed by atoms with van der Waals surface area (Å²) in [6, 6.07) is 0. The molecule has 3 aliphatic carbocycles. The molecule has 0 aromatic rings. The summed E-state index contributed by atoms with van der Waals surface area (Å²) in [5.74, 6) is 2.89. The monoisotopic (exact) mass is 331 g/mol. The Hall–Kier alpha value is -0.920. The van der Waals surface area contributed by atoms with Crippen molar-refractivity contribution >= 4 is 0 Å². The molecule has 0 bridgehead atoms. The fraction of sp³-hybridized carbons (Fsp3) is 0.818. The number of hydrogen-bond acceptors (Lipinski definition) is 2. The zero-order valence-electron chi connectivity index (χ0n) is 16.1. The Morgan fingerprint density at radius 2 is 1.92 bits per heavy atom. The van der Waals surface area contributed by atoms with Crippen molar-refractivity contribution in [3.05, 3.63) is 23.2 Å². The van der Waals surface area contributed by atoms with E-state index in [2.05, 4.69) is 33.8 Å². The number of ether oxygens (including phenoxy) is 1. The van der Waals surface area contributed by atoms with Gasteiger partial charge in [0.1, 0.15) is 0 Å². The largest absolute Gasteiger partial charge is 0.875 e. The van der Waals surface area contributed by atoms with Gasteiger partial charge < -0.3 is 9.84 Å². The minimum absolute atomic E-state index is 0.156. The highest BCUT2D eigenvalue weighted by Crippen LogP contribution is 2.61. The van der Waals surface area contributed by atoms with Gasteiger partial charge in [-0.2, -0.15) is 0 Å². The highest BCUT2D eigenvalue weighted by atomic mass is 16.5. The molecule has 3 aliphatic rings. The van der Waals surface area contributed by atoms with E-state index >= 15 is 0 Å². The number of allylic oxidation sites excluding steroid dienone is 3.